The average molecular weight is 436 g/mol. The number of aromatic nitrogens is 4. The number of carbonyl (C=O) groups is 1. The fraction of sp³-hybridized carbons (Fsp3) is 0.542. The second-order valence-electron chi connectivity index (χ2n) is 9.99. The molecule has 0 aromatic carbocycles. The van der Waals surface area contributed by atoms with Crippen LogP contribution in [0.4, 0.5) is 5.82 Å². The number of nitrogens with zero attached hydrogens (tertiary/aromatic N) is 4. The van der Waals surface area contributed by atoms with Crippen molar-refractivity contribution in [2.24, 2.45) is 7.05 Å². The number of imidazole rings is 1. The summed E-state index contributed by atoms with van der Waals surface area (Å²) in [5.74, 6) is 0.874. The summed E-state index contributed by atoms with van der Waals surface area (Å²) in [6, 6.07) is 3.69. The molecule has 1 N–H and O–H groups in total. The van der Waals surface area contributed by atoms with Crippen LogP contribution in [0, 0.1) is 0 Å². The topological polar surface area (TPSA) is 82.7 Å². The molecular formula is C24H29N5O3. The fourth-order valence-electron chi connectivity index (χ4n) is 5.64. The Morgan fingerprint density at radius 3 is 2.78 bits per heavy atom. The maximum absolute atomic E-state index is 13.2. The molecular weight excluding hydrogens is 406 g/mol. The van der Waals surface area contributed by atoms with Crippen LogP contribution in [-0.2, 0) is 17.2 Å². The summed E-state index contributed by atoms with van der Waals surface area (Å²) in [5.41, 5.74) is 2.30. The Balaban J connectivity index is 1.38. The molecule has 3 aromatic heterocycles. The maximum atomic E-state index is 13.2. The van der Waals surface area contributed by atoms with Crippen LogP contribution in [0.2, 0.25) is 0 Å². The van der Waals surface area contributed by atoms with Crippen molar-refractivity contribution in [2.75, 3.05) is 11.9 Å². The van der Waals surface area contributed by atoms with Crippen LogP contribution in [0.25, 0.3) is 5.65 Å². The van der Waals surface area contributed by atoms with E-state index in [1.807, 2.05) is 23.7 Å². The lowest BCUT2D eigenvalue weighted by Gasteiger charge is -2.24. The number of fused-ring (bicyclic) bond motifs is 3. The highest BCUT2D eigenvalue weighted by Crippen LogP contribution is 2.53. The van der Waals surface area contributed by atoms with Crippen LogP contribution in [0.1, 0.15) is 67.9 Å². The average Bonchev–Trinajstić information content (AvgIpc) is 3.56. The molecule has 3 fully saturated rings. The van der Waals surface area contributed by atoms with E-state index in [1.54, 1.807) is 16.9 Å². The third kappa shape index (κ3) is 3.28. The number of hydrogen-bond donors (Lipinski definition) is 1. The Kier molecular flexibility index (Phi) is 4.37. The van der Waals surface area contributed by atoms with Gasteiger partial charge in [0.25, 0.3) is 5.91 Å². The SMILES string of the molecule is Cn1ccc(NC(=O)c2cn3cc([C@]45CC[C@](C)(C4)OC5)nc3cc2OC2CCCC2)n1. The Bertz CT molecular complexity index is 1180. The molecule has 1 saturated heterocycles. The normalized spacial score (nSPS) is 27.4. The van der Waals surface area contributed by atoms with Crippen LogP contribution in [0.3, 0.4) is 0 Å². The number of carbonyl (C=O) groups excluding carboxylic acids is 1. The monoisotopic (exact) mass is 435 g/mol. The van der Waals surface area contributed by atoms with E-state index >= 15 is 0 Å². The van der Waals surface area contributed by atoms with Gasteiger partial charge in [0, 0.05) is 43.2 Å². The highest BCUT2D eigenvalue weighted by atomic mass is 16.5. The van der Waals surface area contributed by atoms with Gasteiger partial charge in [-0.2, -0.15) is 5.10 Å². The predicted molar refractivity (Wildman–Crippen MR) is 119 cm³/mol. The molecule has 32 heavy (non-hydrogen) atoms. The molecule has 6 rings (SSSR count). The van der Waals surface area contributed by atoms with Crippen molar-refractivity contribution in [3.05, 3.63) is 42.0 Å². The van der Waals surface area contributed by atoms with Gasteiger partial charge in [0.1, 0.15) is 11.4 Å². The highest BCUT2D eigenvalue weighted by Gasteiger charge is 2.55. The summed E-state index contributed by atoms with van der Waals surface area (Å²) < 4.78 is 16.0. The zero-order chi connectivity index (χ0) is 21.9. The highest BCUT2D eigenvalue weighted by molar-refractivity contribution is 6.05. The van der Waals surface area contributed by atoms with E-state index < -0.39 is 0 Å². The fourth-order valence-corrected chi connectivity index (χ4v) is 5.64. The van der Waals surface area contributed by atoms with Crippen molar-refractivity contribution in [3.8, 4) is 5.75 Å². The van der Waals surface area contributed by atoms with E-state index in [2.05, 4.69) is 23.5 Å². The van der Waals surface area contributed by atoms with Crippen molar-refractivity contribution in [1.82, 2.24) is 19.2 Å². The van der Waals surface area contributed by atoms with Gasteiger partial charge in [0.2, 0.25) is 0 Å². The molecule has 168 valence electrons. The molecule has 2 saturated carbocycles. The molecule has 8 nitrogen and oxygen atoms in total. The third-order valence-corrected chi connectivity index (χ3v) is 7.44. The summed E-state index contributed by atoms with van der Waals surface area (Å²) >= 11 is 0. The second-order valence-corrected chi connectivity index (χ2v) is 9.99. The first kappa shape index (κ1) is 19.8. The zero-order valence-corrected chi connectivity index (χ0v) is 18.6. The molecule has 0 radical (unpaired) electrons. The summed E-state index contributed by atoms with van der Waals surface area (Å²) in [5, 5.41) is 7.17. The number of hydrogen-bond acceptors (Lipinski definition) is 5. The van der Waals surface area contributed by atoms with E-state index in [1.165, 1.54) is 0 Å². The van der Waals surface area contributed by atoms with Crippen LogP contribution >= 0.6 is 0 Å². The lowest BCUT2D eigenvalue weighted by molar-refractivity contribution is -0.00627. The first-order chi connectivity index (χ1) is 15.4. The van der Waals surface area contributed by atoms with Gasteiger partial charge in [-0.05, 0) is 51.9 Å². The number of rotatable bonds is 5. The zero-order valence-electron chi connectivity index (χ0n) is 18.6. The van der Waals surface area contributed by atoms with Gasteiger partial charge in [-0.1, -0.05) is 0 Å². The number of nitrogens with one attached hydrogen (secondary N) is 1. The summed E-state index contributed by atoms with van der Waals surface area (Å²) in [6.07, 6.45) is 13.4. The van der Waals surface area contributed by atoms with Gasteiger partial charge in [-0.25, -0.2) is 4.98 Å². The van der Waals surface area contributed by atoms with E-state index in [0.717, 1.165) is 56.3 Å². The van der Waals surface area contributed by atoms with Crippen molar-refractivity contribution in [2.45, 2.75) is 69.0 Å². The molecule has 2 aliphatic carbocycles. The number of aryl methyl sites for hydroxylation is 1. The van der Waals surface area contributed by atoms with Gasteiger partial charge < -0.3 is 19.2 Å². The third-order valence-electron chi connectivity index (χ3n) is 7.44. The Hall–Kier alpha value is -2.87. The standard InChI is InChI=1S/C24H29N5O3/c1-23-8-9-24(14-23,15-31-23)19-13-29-12-17(22(30)26-20-7-10-28(2)27-20)18(11-21(29)25-19)32-16-5-3-4-6-16/h7,10-13,16H,3-6,8-9,14-15H2,1-2H3,(H,26,27,30)/t23-,24-/m1/s1. The molecule has 2 bridgehead atoms. The first-order valence-electron chi connectivity index (χ1n) is 11.6. The van der Waals surface area contributed by atoms with Crippen molar-refractivity contribution < 1.29 is 14.3 Å². The molecule has 1 amide bonds. The lowest BCUT2D eigenvalue weighted by atomic mass is 9.84. The van der Waals surface area contributed by atoms with E-state index in [9.17, 15) is 4.79 Å². The van der Waals surface area contributed by atoms with Gasteiger partial charge in [0.05, 0.1) is 29.6 Å². The molecule has 2 atom stereocenters. The quantitative estimate of drug-likeness (QED) is 0.658. The van der Waals surface area contributed by atoms with Crippen molar-refractivity contribution >= 4 is 17.4 Å². The lowest BCUT2D eigenvalue weighted by Crippen LogP contribution is -2.26. The van der Waals surface area contributed by atoms with Gasteiger partial charge in [-0.3, -0.25) is 9.48 Å². The molecule has 4 heterocycles. The minimum Gasteiger partial charge on any atom is -0.489 e. The van der Waals surface area contributed by atoms with Crippen molar-refractivity contribution in [1.29, 1.82) is 0 Å². The minimum absolute atomic E-state index is 0.0242. The van der Waals surface area contributed by atoms with Gasteiger partial charge in [0.15, 0.2) is 5.82 Å². The summed E-state index contributed by atoms with van der Waals surface area (Å²) in [4.78, 5) is 18.2. The Morgan fingerprint density at radius 1 is 1.28 bits per heavy atom. The van der Waals surface area contributed by atoms with Crippen LogP contribution < -0.4 is 10.1 Å². The maximum Gasteiger partial charge on any atom is 0.262 e. The molecule has 3 aromatic rings. The van der Waals surface area contributed by atoms with Gasteiger partial charge in [-0.15, -0.1) is 0 Å². The van der Waals surface area contributed by atoms with E-state index in [4.69, 9.17) is 14.5 Å². The Labute approximate surface area is 186 Å². The number of anilines is 1. The molecule has 0 spiro atoms. The number of pyridine rings is 1. The van der Waals surface area contributed by atoms with E-state index in [-0.39, 0.29) is 23.0 Å². The van der Waals surface area contributed by atoms with Crippen LogP contribution in [0.5, 0.6) is 5.75 Å². The van der Waals surface area contributed by atoms with Crippen LogP contribution in [-0.4, -0.2) is 43.4 Å². The molecule has 3 aliphatic rings. The summed E-state index contributed by atoms with van der Waals surface area (Å²) in [6.45, 7) is 2.91. The van der Waals surface area contributed by atoms with E-state index in [0.29, 0.717) is 23.7 Å². The molecule has 8 heteroatoms. The van der Waals surface area contributed by atoms with Gasteiger partial charge >= 0.3 is 0 Å². The second kappa shape index (κ2) is 7.07. The minimum atomic E-state index is -0.232. The Morgan fingerprint density at radius 2 is 2.12 bits per heavy atom. The van der Waals surface area contributed by atoms with Crippen molar-refractivity contribution in [3.63, 3.8) is 0 Å². The van der Waals surface area contributed by atoms with Crippen LogP contribution in [0.15, 0.2) is 30.7 Å². The predicted octanol–water partition coefficient (Wildman–Crippen LogP) is 3.85. The summed E-state index contributed by atoms with van der Waals surface area (Å²) in [7, 11) is 1.82. The smallest absolute Gasteiger partial charge is 0.262 e. The molecule has 1 aliphatic heterocycles. The number of ether oxygens (including phenoxy) is 2. The number of amides is 1. The largest absolute Gasteiger partial charge is 0.489 e. The molecule has 0 unspecified atom stereocenters. The first-order valence-corrected chi connectivity index (χ1v) is 11.6.